The van der Waals surface area contributed by atoms with E-state index in [2.05, 4.69) is 19.2 Å². The zero-order chi connectivity index (χ0) is 24.2. The van der Waals surface area contributed by atoms with Gasteiger partial charge in [-0.05, 0) is 57.0 Å². The smallest absolute Gasteiger partial charge is 0.244 e. The first-order chi connectivity index (χ1) is 15.6. The van der Waals surface area contributed by atoms with Crippen molar-refractivity contribution in [3.63, 3.8) is 0 Å². The fourth-order valence-corrected chi connectivity index (χ4v) is 5.56. The molecule has 1 aliphatic heterocycles. The van der Waals surface area contributed by atoms with Gasteiger partial charge in [-0.2, -0.15) is 0 Å². The molecule has 0 saturated heterocycles. The van der Waals surface area contributed by atoms with Crippen molar-refractivity contribution in [2.24, 2.45) is 0 Å². The number of carbonyl (C=O) groups is 1. The lowest BCUT2D eigenvalue weighted by Crippen LogP contribution is -2.51. The summed E-state index contributed by atoms with van der Waals surface area (Å²) in [6, 6.07) is 13.2. The minimum atomic E-state index is -3.71. The largest absolute Gasteiger partial charge is 0.494 e. The fraction of sp³-hybridized carbons (Fsp3) is 0.480. The zero-order valence-corrected chi connectivity index (χ0v) is 20.8. The number of fused-ring (bicyclic) bond motifs is 1. The Hall–Kier alpha value is -2.74. The molecule has 2 aromatic carbocycles. The van der Waals surface area contributed by atoms with Gasteiger partial charge in [-0.25, -0.2) is 8.42 Å². The number of amides is 1. The second kappa shape index (κ2) is 10.0. The Morgan fingerprint density at radius 3 is 2.36 bits per heavy atom. The molecular weight excluding hydrogens is 440 g/mol. The topological polar surface area (TPSA) is 84.9 Å². The molecule has 180 valence electrons. The van der Waals surface area contributed by atoms with Crippen LogP contribution in [0, 0.1) is 0 Å². The van der Waals surface area contributed by atoms with Crippen LogP contribution in [-0.2, 0) is 14.8 Å². The number of rotatable bonds is 9. The number of hydrogen-bond acceptors (Lipinski definition) is 5. The predicted octanol–water partition coefficient (Wildman–Crippen LogP) is 4.44. The molecule has 2 aromatic rings. The van der Waals surface area contributed by atoms with E-state index in [1.807, 2.05) is 31.2 Å². The van der Waals surface area contributed by atoms with E-state index in [9.17, 15) is 13.2 Å². The van der Waals surface area contributed by atoms with Crippen molar-refractivity contribution in [1.82, 2.24) is 5.32 Å². The maximum absolute atomic E-state index is 13.4. The molecule has 1 N–H and O–H groups in total. The van der Waals surface area contributed by atoms with Gasteiger partial charge in [-0.1, -0.05) is 32.0 Å². The van der Waals surface area contributed by atoms with Crippen LogP contribution in [0.25, 0.3) is 0 Å². The lowest BCUT2D eigenvalue weighted by molar-refractivity contribution is -0.123. The third-order valence-corrected chi connectivity index (χ3v) is 7.53. The van der Waals surface area contributed by atoms with Gasteiger partial charge in [-0.3, -0.25) is 9.10 Å². The van der Waals surface area contributed by atoms with E-state index in [4.69, 9.17) is 9.47 Å². The molecule has 2 atom stereocenters. The summed E-state index contributed by atoms with van der Waals surface area (Å²) in [5, 5.41) is 3.10. The average Bonchev–Trinajstić information content (AvgIpc) is 2.79. The van der Waals surface area contributed by atoms with Gasteiger partial charge >= 0.3 is 0 Å². The van der Waals surface area contributed by atoms with E-state index in [1.54, 1.807) is 31.2 Å². The van der Waals surface area contributed by atoms with E-state index >= 15 is 0 Å². The summed E-state index contributed by atoms with van der Waals surface area (Å²) in [5.74, 6) is 1.04. The Morgan fingerprint density at radius 2 is 1.79 bits per heavy atom. The highest BCUT2D eigenvalue weighted by molar-refractivity contribution is 7.92. The van der Waals surface area contributed by atoms with Crippen LogP contribution in [0.15, 0.2) is 48.5 Å². The van der Waals surface area contributed by atoms with E-state index in [1.165, 1.54) is 0 Å². The van der Waals surface area contributed by atoms with Crippen molar-refractivity contribution in [3.8, 4) is 11.5 Å². The third kappa shape index (κ3) is 5.43. The minimum absolute atomic E-state index is 0.272. The molecule has 0 unspecified atom stereocenters. The number of nitrogens with one attached hydrogen (secondary N) is 1. The van der Waals surface area contributed by atoms with E-state index in [0.29, 0.717) is 24.5 Å². The van der Waals surface area contributed by atoms with E-state index in [-0.39, 0.29) is 17.6 Å². The van der Waals surface area contributed by atoms with Crippen LogP contribution in [0.3, 0.4) is 0 Å². The summed E-state index contributed by atoms with van der Waals surface area (Å²) in [4.78, 5) is 13.4. The minimum Gasteiger partial charge on any atom is -0.494 e. The number of para-hydroxylation sites is 1. The first kappa shape index (κ1) is 24.9. The summed E-state index contributed by atoms with van der Waals surface area (Å²) in [6.07, 6.45) is 3.34. The van der Waals surface area contributed by atoms with Crippen molar-refractivity contribution < 1.29 is 22.7 Å². The number of sulfonamides is 1. The van der Waals surface area contributed by atoms with E-state index in [0.717, 1.165) is 34.7 Å². The SMILES string of the molecule is CCOc1ccc(N([C@@H](C)C(=O)N[C@@H]2CC(CC)(CC)Oc3ccccc32)S(C)(=O)=O)cc1. The van der Waals surface area contributed by atoms with Crippen LogP contribution in [0.2, 0.25) is 0 Å². The Labute approximate surface area is 197 Å². The molecule has 8 heteroatoms. The Bertz CT molecular complexity index is 1060. The van der Waals surface area contributed by atoms with Gasteiger partial charge in [0.2, 0.25) is 15.9 Å². The molecule has 1 aliphatic rings. The van der Waals surface area contributed by atoms with E-state index < -0.39 is 16.1 Å². The van der Waals surface area contributed by atoms with Gasteiger partial charge < -0.3 is 14.8 Å². The normalized spacial score (nSPS) is 17.9. The number of ether oxygens (including phenoxy) is 2. The highest BCUT2D eigenvalue weighted by Gasteiger charge is 2.40. The molecule has 7 nitrogen and oxygen atoms in total. The summed E-state index contributed by atoms with van der Waals surface area (Å²) in [6.45, 7) is 8.15. The van der Waals surface area contributed by atoms with Crippen molar-refractivity contribution >= 4 is 21.6 Å². The first-order valence-electron chi connectivity index (χ1n) is 11.4. The molecule has 0 radical (unpaired) electrons. The molecule has 0 saturated carbocycles. The van der Waals surface area contributed by atoms with Crippen molar-refractivity contribution in [2.75, 3.05) is 17.2 Å². The summed E-state index contributed by atoms with van der Waals surface area (Å²) in [5.41, 5.74) is 0.941. The Balaban J connectivity index is 1.88. The Morgan fingerprint density at radius 1 is 1.15 bits per heavy atom. The van der Waals surface area contributed by atoms with Crippen LogP contribution in [0.5, 0.6) is 11.5 Å². The number of anilines is 1. The first-order valence-corrected chi connectivity index (χ1v) is 13.3. The maximum Gasteiger partial charge on any atom is 0.244 e. The van der Waals surface area contributed by atoms with Crippen LogP contribution in [0.1, 0.15) is 58.6 Å². The van der Waals surface area contributed by atoms with Crippen LogP contribution in [-0.4, -0.2) is 38.8 Å². The van der Waals surface area contributed by atoms with Gasteiger partial charge in [0.15, 0.2) is 0 Å². The fourth-order valence-electron chi connectivity index (χ4n) is 4.39. The summed E-state index contributed by atoms with van der Waals surface area (Å²) in [7, 11) is -3.71. The molecular formula is C25H34N2O5S. The molecule has 1 amide bonds. The quantitative estimate of drug-likeness (QED) is 0.581. The molecule has 1 heterocycles. The predicted molar refractivity (Wildman–Crippen MR) is 130 cm³/mol. The monoisotopic (exact) mass is 474 g/mol. The van der Waals surface area contributed by atoms with Gasteiger partial charge in [0.05, 0.1) is 24.6 Å². The highest BCUT2D eigenvalue weighted by atomic mass is 32.2. The maximum atomic E-state index is 13.4. The molecule has 3 rings (SSSR count). The number of carbonyl (C=O) groups excluding carboxylic acids is 1. The highest BCUT2D eigenvalue weighted by Crippen LogP contribution is 2.42. The molecule has 0 spiro atoms. The van der Waals surface area contributed by atoms with Gasteiger partial charge in [0, 0.05) is 12.0 Å². The molecule has 0 bridgehead atoms. The summed E-state index contributed by atoms with van der Waals surface area (Å²) < 4.78 is 38.3. The molecule has 0 fully saturated rings. The van der Waals surface area contributed by atoms with Crippen LogP contribution < -0.4 is 19.1 Å². The van der Waals surface area contributed by atoms with Crippen LogP contribution >= 0.6 is 0 Å². The number of nitrogens with zero attached hydrogens (tertiary/aromatic N) is 1. The molecule has 0 aliphatic carbocycles. The standard InChI is InChI=1S/C25H34N2O5S/c1-6-25(7-2)17-22(21-11-9-10-12-23(21)32-25)26-24(28)18(4)27(33(5,29)30)19-13-15-20(16-14-19)31-8-3/h9-16,18,22H,6-8,17H2,1-5H3,(H,26,28)/t18-,22+/m0/s1. The lowest BCUT2D eigenvalue weighted by atomic mass is 9.83. The van der Waals surface area contributed by atoms with Gasteiger partial charge in [-0.15, -0.1) is 0 Å². The van der Waals surface area contributed by atoms with Crippen molar-refractivity contribution in [3.05, 3.63) is 54.1 Å². The van der Waals surface area contributed by atoms with Gasteiger partial charge in [0.1, 0.15) is 23.1 Å². The number of hydrogen-bond donors (Lipinski definition) is 1. The Kier molecular flexibility index (Phi) is 7.57. The lowest BCUT2D eigenvalue weighted by Gasteiger charge is -2.42. The zero-order valence-electron chi connectivity index (χ0n) is 20.0. The number of benzene rings is 2. The third-order valence-electron chi connectivity index (χ3n) is 6.29. The van der Waals surface area contributed by atoms with Crippen LogP contribution in [0.4, 0.5) is 5.69 Å². The second-order valence-corrected chi connectivity index (χ2v) is 10.3. The van der Waals surface area contributed by atoms with Gasteiger partial charge in [0.25, 0.3) is 0 Å². The summed E-state index contributed by atoms with van der Waals surface area (Å²) >= 11 is 0. The average molecular weight is 475 g/mol. The molecule has 33 heavy (non-hydrogen) atoms. The molecule has 0 aromatic heterocycles. The second-order valence-electron chi connectivity index (χ2n) is 8.46. The van der Waals surface area contributed by atoms with Crippen molar-refractivity contribution in [2.45, 2.75) is 64.6 Å². The van der Waals surface area contributed by atoms with Crippen molar-refractivity contribution in [1.29, 1.82) is 0 Å².